The first-order valence-electron chi connectivity index (χ1n) is 12.7. The lowest BCUT2D eigenvalue weighted by molar-refractivity contribution is 0.0377. The van der Waals surface area contributed by atoms with Gasteiger partial charge < -0.3 is 31.8 Å². The fourth-order valence-corrected chi connectivity index (χ4v) is 3.95. The van der Waals surface area contributed by atoms with Gasteiger partial charge in [0.25, 0.3) is 0 Å². The maximum Gasteiger partial charge on any atom is 0.123 e. The highest BCUT2D eigenvalue weighted by Crippen LogP contribution is 2.23. The van der Waals surface area contributed by atoms with Gasteiger partial charge in [0.05, 0.1) is 24.6 Å². The minimum atomic E-state index is 0.178. The lowest BCUT2D eigenvalue weighted by Crippen LogP contribution is -2.37. The van der Waals surface area contributed by atoms with E-state index in [9.17, 15) is 0 Å². The molecular weight excluding hydrogens is 452 g/mol. The van der Waals surface area contributed by atoms with E-state index in [1.165, 1.54) is 6.21 Å². The molecule has 0 aromatic carbocycles. The van der Waals surface area contributed by atoms with Gasteiger partial charge in [-0.15, -0.1) is 0 Å². The van der Waals surface area contributed by atoms with Crippen molar-refractivity contribution < 1.29 is 4.74 Å². The number of nitrogens with zero attached hydrogens (tertiary/aromatic N) is 2. The van der Waals surface area contributed by atoms with E-state index in [1.54, 1.807) is 6.08 Å². The Bertz CT molecular complexity index is 1040. The van der Waals surface area contributed by atoms with Gasteiger partial charge >= 0.3 is 0 Å². The third-order valence-corrected chi connectivity index (χ3v) is 6.20. The molecule has 1 fully saturated rings. The molecule has 0 aliphatic carbocycles. The number of dihydropyridines is 2. The van der Waals surface area contributed by atoms with Crippen LogP contribution in [0.2, 0.25) is 0 Å². The van der Waals surface area contributed by atoms with Crippen LogP contribution in [0.1, 0.15) is 33.6 Å². The Morgan fingerprint density at radius 2 is 2.06 bits per heavy atom. The van der Waals surface area contributed by atoms with Crippen LogP contribution in [-0.4, -0.2) is 62.6 Å². The van der Waals surface area contributed by atoms with Gasteiger partial charge in [-0.05, 0) is 48.6 Å². The van der Waals surface area contributed by atoms with Gasteiger partial charge in [-0.3, -0.25) is 15.3 Å². The second kappa shape index (κ2) is 13.6. The van der Waals surface area contributed by atoms with Gasteiger partial charge in [0.1, 0.15) is 11.7 Å². The van der Waals surface area contributed by atoms with E-state index in [-0.39, 0.29) is 11.8 Å². The van der Waals surface area contributed by atoms with E-state index >= 15 is 0 Å². The number of morpholine rings is 1. The average molecular weight is 493 g/mol. The zero-order valence-corrected chi connectivity index (χ0v) is 21.7. The third-order valence-electron chi connectivity index (χ3n) is 6.20. The van der Waals surface area contributed by atoms with Gasteiger partial charge in [0, 0.05) is 61.7 Å². The Morgan fingerprint density at radius 1 is 1.28 bits per heavy atom. The molecule has 0 spiro atoms. The monoisotopic (exact) mass is 492 g/mol. The molecule has 0 aromatic heterocycles. The van der Waals surface area contributed by atoms with Gasteiger partial charge in [-0.1, -0.05) is 20.8 Å². The van der Waals surface area contributed by atoms with Crippen LogP contribution >= 0.6 is 0 Å². The zero-order valence-electron chi connectivity index (χ0n) is 21.7. The van der Waals surface area contributed by atoms with Crippen molar-refractivity contribution in [1.29, 1.82) is 10.8 Å². The van der Waals surface area contributed by atoms with Gasteiger partial charge in [0.15, 0.2) is 0 Å². The fourth-order valence-electron chi connectivity index (χ4n) is 3.95. The number of hydrogen-bond donors (Lipinski definition) is 6. The minimum Gasteiger partial charge on any atom is -0.402 e. The molecule has 194 valence electrons. The molecular formula is C27H40N8O. The molecule has 9 nitrogen and oxygen atoms in total. The lowest BCUT2D eigenvalue weighted by Gasteiger charge is -2.26. The van der Waals surface area contributed by atoms with Crippen molar-refractivity contribution in [3.63, 3.8) is 0 Å². The van der Waals surface area contributed by atoms with Crippen molar-refractivity contribution >= 4 is 18.3 Å². The van der Waals surface area contributed by atoms with E-state index in [0.717, 1.165) is 86.0 Å². The van der Waals surface area contributed by atoms with Gasteiger partial charge in [0.2, 0.25) is 0 Å². The van der Waals surface area contributed by atoms with Crippen LogP contribution < -0.4 is 21.7 Å². The van der Waals surface area contributed by atoms with Crippen molar-refractivity contribution in [2.45, 2.75) is 33.6 Å². The summed E-state index contributed by atoms with van der Waals surface area (Å²) in [5, 5.41) is 25.6. The molecule has 0 amide bonds. The number of ether oxygens (including phenoxy) is 1. The van der Waals surface area contributed by atoms with Crippen molar-refractivity contribution in [2.24, 2.45) is 16.6 Å². The Hall–Kier alpha value is -3.43. The number of hydrogen-bond acceptors (Lipinski definition) is 8. The predicted octanol–water partition coefficient (Wildman–Crippen LogP) is 2.90. The molecule has 36 heavy (non-hydrogen) atoms. The number of nitrogens with two attached hydrogens (primary N) is 1. The summed E-state index contributed by atoms with van der Waals surface area (Å²) in [4.78, 5) is 7.10. The normalized spacial score (nSPS) is 19.3. The van der Waals surface area contributed by atoms with Crippen LogP contribution in [0.5, 0.6) is 0 Å². The largest absolute Gasteiger partial charge is 0.402 e. The van der Waals surface area contributed by atoms with Crippen LogP contribution in [0.15, 0.2) is 75.1 Å². The highest BCUT2D eigenvalue weighted by molar-refractivity contribution is 5.97. The molecule has 3 rings (SSSR count). The Morgan fingerprint density at radius 3 is 2.75 bits per heavy atom. The first-order chi connectivity index (χ1) is 17.4. The summed E-state index contributed by atoms with van der Waals surface area (Å²) in [5.41, 5.74) is 11.6. The van der Waals surface area contributed by atoms with Crippen molar-refractivity contribution in [3.8, 4) is 0 Å². The summed E-state index contributed by atoms with van der Waals surface area (Å²) >= 11 is 0. The van der Waals surface area contributed by atoms with E-state index in [0.29, 0.717) is 5.82 Å². The predicted molar refractivity (Wildman–Crippen MR) is 148 cm³/mol. The number of rotatable bonds is 11. The summed E-state index contributed by atoms with van der Waals surface area (Å²) in [6, 6.07) is 0. The smallest absolute Gasteiger partial charge is 0.123 e. The quantitative estimate of drug-likeness (QED) is 0.149. The standard InChI is InChI=1S/C27H40N8O/c1-4-23(29)22(18-31-8-5-9-35-10-12-36-13-11-35)21-14-25-24(32-17-21)6-7-27(33-25)34-26(30)15-20(16-28)19(2)3/h6-7,14-19,28,32-33H,4-5,8-13,29H2,1-3H3,(H2,30,34). The summed E-state index contributed by atoms with van der Waals surface area (Å²) in [7, 11) is 0. The number of allylic oxidation sites excluding steroid dienone is 7. The molecule has 0 atom stereocenters. The highest BCUT2D eigenvalue weighted by atomic mass is 16.5. The van der Waals surface area contributed by atoms with Crippen LogP contribution in [-0.2, 0) is 4.74 Å². The molecule has 0 unspecified atom stereocenters. The summed E-state index contributed by atoms with van der Waals surface area (Å²) in [6.45, 7) is 11.4. The van der Waals surface area contributed by atoms with E-state index in [4.69, 9.17) is 21.3 Å². The SMILES string of the molecule is CCC(N)=C(C=NCCCN1CCOCC1)C1=CNC2=CC=C(NC(=N)C=C(C=N)C(C)C)NC2=C1. The zero-order chi connectivity index (χ0) is 25.9. The number of nitrogens with one attached hydrogen (secondary N) is 5. The van der Waals surface area contributed by atoms with Crippen LogP contribution in [0.4, 0.5) is 0 Å². The molecule has 0 saturated carbocycles. The Kier molecular flexibility index (Phi) is 10.3. The van der Waals surface area contributed by atoms with Gasteiger partial charge in [-0.25, -0.2) is 0 Å². The molecule has 0 bridgehead atoms. The Labute approximate surface area is 214 Å². The molecule has 3 aliphatic rings. The first kappa shape index (κ1) is 27.2. The number of aliphatic imine (C=N–C) groups is 1. The molecule has 3 aliphatic heterocycles. The fraction of sp³-hybridized carbons (Fsp3) is 0.444. The lowest BCUT2D eigenvalue weighted by atomic mass is 9.99. The van der Waals surface area contributed by atoms with Gasteiger partial charge in [-0.2, -0.15) is 0 Å². The van der Waals surface area contributed by atoms with E-state index in [1.807, 2.05) is 51.4 Å². The first-order valence-corrected chi connectivity index (χ1v) is 12.7. The highest BCUT2D eigenvalue weighted by Gasteiger charge is 2.18. The van der Waals surface area contributed by atoms with Crippen LogP contribution in [0.3, 0.4) is 0 Å². The molecule has 7 N–H and O–H groups in total. The van der Waals surface area contributed by atoms with E-state index < -0.39 is 0 Å². The number of fused-ring (bicyclic) bond motifs is 1. The van der Waals surface area contributed by atoms with Crippen molar-refractivity contribution in [3.05, 3.63) is 70.1 Å². The third kappa shape index (κ3) is 7.79. The molecule has 3 heterocycles. The van der Waals surface area contributed by atoms with Crippen LogP contribution in [0.25, 0.3) is 0 Å². The van der Waals surface area contributed by atoms with Crippen LogP contribution in [0, 0.1) is 16.7 Å². The van der Waals surface area contributed by atoms with Crippen molar-refractivity contribution in [2.75, 3.05) is 39.4 Å². The summed E-state index contributed by atoms with van der Waals surface area (Å²) < 4.78 is 5.41. The van der Waals surface area contributed by atoms with E-state index in [2.05, 4.69) is 25.8 Å². The number of amidine groups is 1. The summed E-state index contributed by atoms with van der Waals surface area (Å²) in [5.74, 6) is 1.09. The summed E-state index contributed by atoms with van der Waals surface area (Å²) in [6.07, 6.45) is 14.4. The topological polar surface area (TPSA) is 135 Å². The molecule has 1 saturated heterocycles. The minimum absolute atomic E-state index is 0.178. The molecule has 0 radical (unpaired) electrons. The molecule has 0 aromatic rings. The maximum atomic E-state index is 8.26. The Balaban J connectivity index is 1.63. The molecule has 9 heteroatoms. The second-order valence-electron chi connectivity index (χ2n) is 9.21. The second-order valence-corrected chi connectivity index (χ2v) is 9.21. The van der Waals surface area contributed by atoms with Crippen molar-refractivity contribution in [1.82, 2.24) is 20.9 Å². The average Bonchev–Trinajstić information content (AvgIpc) is 2.89. The maximum absolute atomic E-state index is 8.26.